The number of aliphatic carboxylic acids is 1. The second kappa shape index (κ2) is 6.64. The predicted molar refractivity (Wildman–Crippen MR) is 62.9 cm³/mol. The molecule has 100 valence electrons. The summed E-state index contributed by atoms with van der Waals surface area (Å²) in [5.74, 6) is -1.12. The van der Waals surface area contributed by atoms with Gasteiger partial charge in [-0.2, -0.15) is 0 Å². The van der Waals surface area contributed by atoms with E-state index >= 15 is 0 Å². The van der Waals surface area contributed by atoms with Crippen LogP contribution < -0.4 is 4.72 Å². The summed E-state index contributed by atoms with van der Waals surface area (Å²) in [5, 5.41) is 8.17. The van der Waals surface area contributed by atoms with Gasteiger partial charge in [0.05, 0.1) is 6.61 Å². The number of nitrogens with zero attached hydrogens (tertiary/aromatic N) is 1. The highest BCUT2D eigenvalue weighted by atomic mass is 35.5. The zero-order valence-corrected chi connectivity index (χ0v) is 10.7. The van der Waals surface area contributed by atoms with Crippen LogP contribution in [0.25, 0.3) is 0 Å². The number of nitrogens with one attached hydrogen (secondary N) is 1. The van der Waals surface area contributed by atoms with Gasteiger partial charge in [0.2, 0.25) is 10.0 Å². The molecule has 1 aromatic heterocycles. The van der Waals surface area contributed by atoms with Crippen molar-refractivity contribution in [2.75, 3.05) is 19.8 Å². The van der Waals surface area contributed by atoms with E-state index in [0.29, 0.717) is 0 Å². The molecule has 1 heterocycles. The fourth-order valence-corrected chi connectivity index (χ4v) is 2.52. The van der Waals surface area contributed by atoms with Crippen LogP contribution in [0.4, 0.5) is 0 Å². The number of aromatic nitrogens is 1. The first-order valence-electron chi connectivity index (χ1n) is 4.83. The fourth-order valence-electron chi connectivity index (χ4n) is 1.06. The first kappa shape index (κ1) is 14.8. The summed E-state index contributed by atoms with van der Waals surface area (Å²) in [4.78, 5) is 13.7. The Morgan fingerprint density at radius 1 is 1.56 bits per heavy atom. The Labute approximate surface area is 109 Å². The van der Waals surface area contributed by atoms with E-state index in [4.69, 9.17) is 16.7 Å². The SMILES string of the molecule is O=C(O)COCCNS(=O)(=O)c1cccnc1Cl. The minimum absolute atomic E-state index is 0.0522. The molecule has 9 heteroatoms. The number of sulfonamides is 1. The fraction of sp³-hybridized carbons (Fsp3) is 0.333. The lowest BCUT2D eigenvalue weighted by molar-refractivity contribution is -0.142. The van der Waals surface area contributed by atoms with E-state index in [9.17, 15) is 13.2 Å². The molecular formula is C9H11ClN2O5S. The van der Waals surface area contributed by atoms with Crippen molar-refractivity contribution in [3.8, 4) is 0 Å². The Kier molecular flexibility index (Phi) is 5.48. The Balaban J connectivity index is 2.51. The molecule has 1 aromatic rings. The normalized spacial score (nSPS) is 11.4. The van der Waals surface area contributed by atoms with Crippen LogP contribution in [0.1, 0.15) is 0 Å². The quantitative estimate of drug-likeness (QED) is 0.546. The van der Waals surface area contributed by atoms with Crippen LogP contribution >= 0.6 is 11.6 Å². The Bertz CT molecular complexity index is 519. The van der Waals surface area contributed by atoms with Crippen molar-refractivity contribution in [2.45, 2.75) is 4.90 Å². The molecule has 0 aliphatic rings. The molecule has 0 aliphatic heterocycles. The van der Waals surface area contributed by atoms with Crippen LogP contribution in [0.3, 0.4) is 0 Å². The molecule has 0 unspecified atom stereocenters. The highest BCUT2D eigenvalue weighted by molar-refractivity contribution is 7.89. The number of ether oxygens (including phenoxy) is 1. The molecule has 0 fully saturated rings. The second-order valence-corrected chi connectivity index (χ2v) is 5.23. The van der Waals surface area contributed by atoms with Crippen molar-refractivity contribution in [1.82, 2.24) is 9.71 Å². The highest BCUT2D eigenvalue weighted by Crippen LogP contribution is 2.16. The van der Waals surface area contributed by atoms with Gasteiger partial charge >= 0.3 is 5.97 Å². The maximum atomic E-state index is 11.7. The van der Waals surface area contributed by atoms with E-state index in [-0.39, 0.29) is 23.2 Å². The third-order valence-electron chi connectivity index (χ3n) is 1.78. The molecular weight excluding hydrogens is 284 g/mol. The predicted octanol–water partition coefficient (Wildman–Crippen LogP) is 0.115. The van der Waals surface area contributed by atoms with Gasteiger partial charge in [-0.3, -0.25) is 0 Å². The lowest BCUT2D eigenvalue weighted by Gasteiger charge is -2.07. The number of pyridine rings is 1. The summed E-state index contributed by atoms with van der Waals surface area (Å²) >= 11 is 5.65. The Hall–Kier alpha value is -1.22. The second-order valence-electron chi connectivity index (χ2n) is 3.14. The molecule has 0 atom stereocenters. The summed E-state index contributed by atoms with van der Waals surface area (Å²) in [6, 6.07) is 2.76. The topological polar surface area (TPSA) is 106 Å². The highest BCUT2D eigenvalue weighted by Gasteiger charge is 2.17. The minimum atomic E-state index is -3.76. The molecule has 2 N–H and O–H groups in total. The van der Waals surface area contributed by atoms with Crippen molar-refractivity contribution < 1.29 is 23.1 Å². The van der Waals surface area contributed by atoms with Crippen LogP contribution in [0.5, 0.6) is 0 Å². The number of halogens is 1. The van der Waals surface area contributed by atoms with Crippen LogP contribution in [0.15, 0.2) is 23.2 Å². The third kappa shape index (κ3) is 4.57. The lowest BCUT2D eigenvalue weighted by Crippen LogP contribution is -2.28. The molecule has 0 saturated heterocycles. The van der Waals surface area contributed by atoms with Crippen molar-refractivity contribution in [1.29, 1.82) is 0 Å². The molecule has 7 nitrogen and oxygen atoms in total. The van der Waals surface area contributed by atoms with E-state index in [0.717, 1.165) is 0 Å². The molecule has 0 bridgehead atoms. The molecule has 0 amide bonds. The Morgan fingerprint density at radius 2 is 2.28 bits per heavy atom. The monoisotopic (exact) mass is 294 g/mol. The van der Waals surface area contributed by atoms with Crippen LogP contribution in [0, 0.1) is 0 Å². The van der Waals surface area contributed by atoms with Gasteiger partial charge in [-0.1, -0.05) is 11.6 Å². The summed E-state index contributed by atoms with van der Waals surface area (Å²) in [7, 11) is -3.76. The molecule has 0 saturated carbocycles. The van der Waals surface area contributed by atoms with Crippen molar-refractivity contribution >= 4 is 27.6 Å². The molecule has 0 spiro atoms. The van der Waals surface area contributed by atoms with Gasteiger partial charge < -0.3 is 9.84 Å². The standard InChI is InChI=1S/C9H11ClN2O5S/c10-9-7(2-1-3-11-9)18(15,16)12-4-5-17-6-8(13)14/h1-3,12H,4-6H2,(H,13,14). The average Bonchev–Trinajstić information content (AvgIpc) is 2.28. The van der Waals surface area contributed by atoms with E-state index in [2.05, 4.69) is 14.4 Å². The molecule has 0 aromatic carbocycles. The third-order valence-corrected chi connectivity index (χ3v) is 3.68. The smallest absolute Gasteiger partial charge is 0.329 e. The van der Waals surface area contributed by atoms with Crippen molar-refractivity contribution in [3.05, 3.63) is 23.5 Å². The molecule has 18 heavy (non-hydrogen) atoms. The number of hydrogen-bond acceptors (Lipinski definition) is 5. The summed E-state index contributed by atoms with van der Waals surface area (Å²) < 4.78 is 30.4. The first-order chi connectivity index (χ1) is 8.43. The van der Waals surface area contributed by atoms with Gasteiger partial charge in [-0.05, 0) is 12.1 Å². The molecule has 1 rings (SSSR count). The number of rotatable bonds is 7. The van der Waals surface area contributed by atoms with Gasteiger partial charge in [-0.15, -0.1) is 0 Å². The largest absolute Gasteiger partial charge is 0.480 e. The van der Waals surface area contributed by atoms with Gasteiger partial charge in [0, 0.05) is 12.7 Å². The summed E-state index contributed by atoms with van der Waals surface area (Å²) in [6.07, 6.45) is 1.37. The van der Waals surface area contributed by atoms with Gasteiger partial charge in [-0.25, -0.2) is 22.9 Å². The molecule has 0 radical (unpaired) electrons. The van der Waals surface area contributed by atoms with Crippen molar-refractivity contribution in [2.24, 2.45) is 0 Å². The number of carboxylic acids is 1. The van der Waals surface area contributed by atoms with Crippen LogP contribution in [-0.4, -0.2) is 44.2 Å². The average molecular weight is 295 g/mol. The van der Waals surface area contributed by atoms with E-state index in [1.165, 1.54) is 18.3 Å². The van der Waals surface area contributed by atoms with Gasteiger partial charge in [0.1, 0.15) is 16.7 Å². The maximum absolute atomic E-state index is 11.7. The summed E-state index contributed by atoms with van der Waals surface area (Å²) in [5.41, 5.74) is 0. The minimum Gasteiger partial charge on any atom is -0.480 e. The zero-order chi connectivity index (χ0) is 13.6. The van der Waals surface area contributed by atoms with E-state index in [1.54, 1.807) is 0 Å². The lowest BCUT2D eigenvalue weighted by atomic mass is 10.5. The molecule has 0 aliphatic carbocycles. The first-order valence-corrected chi connectivity index (χ1v) is 6.69. The van der Waals surface area contributed by atoms with Crippen molar-refractivity contribution in [3.63, 3.8) is 0 Å². The van der Waals surface area contributed by atoms with Gasteiger partial charge in [0.15, 0.2) is 0 Å². The number of hydrogen-bond donors (Lipinski definition) is 2. The number of carboxylic acid groups (broad SMARTS) is 1. The maximum Gasteiger partial charge on any atom is 0.329 e. The van der Waals surface area contributed by atoms with Crippen LogP contribution in [0.2, 0.25) is 5.15 Å². The van der Waals surface area contributed by atoms with Crippen LogP contribution in [-0.2, 0) is 19.6 Å². The van der Waals surface area contributed by atoms with Gasteiger partial charge in [0.25, 0.3) is 0 Å². The number of carbonyl (C=O) groups is 1. The zero-order valence-electron chi connectivity index (χ0n) is 9.17. The Morgan fingerprint density at radius 3 is 2.89 bits per heavy atom. The summed E-state index contributed by atoms with van der Waals surface area (Å²) in [6.45, 7) is -0.584. The van der Waals surface area contributed by atoms with E-state index in [1.807, 2.05) is 0 Å². The van der Waals surface area contributed by atoms with E-state index < -0.39 is 22.6 Å².